The average Bonchev–Trinajstić information content (AvgIpc) is 2.91. The van der Waals surface area contributed by atoms with E-state index in [1.165, 1.54) is 17.6 Å². The summed E-state index contributed by atoms with van der Waals surface area (Å²) in [4.78, 5) is 25.3. The van der Waals surface area contributed by atoms with Crippen LogP contribution in [0.4, 0.5) is 9.59 Å². The summed E-state index contributed by atoms with van der Waals surface area (Å²) in [7, 11) is 0. The molecule has 5 rings (SSSR count). The van der Waals surface area contributed by atoms with E-state index in [0.717, 1.165) is 51.4 Å². The molecule has 0 bridgehead atoms. The summed E-state index contributed by atoms with van der Waals surface area (Å²) in [5.74, 6) is 1.56. The highest BCUT2D eigenvalue weighted by atomic mass is 16.6. The minimum atomic E-state index is -0.579. The minimum absolute atomic E-state index is 0.0151. The van der Waals surface area contributed by atoms with E-state index in [4.69, 9.17) is 9.47 Å². The van der Waals surface area contributed by atoms with Crippen molar-refractivity contribution in [3.63, 3.8) is 0 Å². The number of hydrogen-bond acceptors (Lipinski definition) is 5. The van der Waals surface area contributed by atoms with Gasteiger partial charge in [0.05, 0.1) is 18.2 Å². The Morgan fingerprint density at radius 1 is 0.977 bits per heavy atom. The fourth-order valence-electron chi connectivity index (χ4n) is 11.1. The molecular formula is C37H60N2O5. The van der Waals surface area contributed by atoms with E-state index in [-0.39, 0.29) is 46.8 Å². The Kier molecular flexibility index (Phi) is 8.38. The van der Waals surface area contributed by atoms with Gasteiger partial charge < -0.3 is 25.2 Å². The molecule has 44 heavy (non-hydrogen) atoms. The molecule has 0 aromatic rings. The second-order valence-corrected chi connectivity index (χ2v) is 17.5. The Morgan fingerprint density at radius 3 is 2.36 bits per heavy atom. The lowest BCUT2D eigenvalue weighted by Crippen LogP contribution is -2.67. The van der Waals surface area contributed by atoms with Crippen LogP contribution in [0.1, 0.15) is 120 Å². The predicted octanol–water partition coefficient (Wildman–Crippen LogP) is 7.93. The Bertz CT molecular complexity index is 1200. The van der Waals surface area contributed by atoms with Crippen molar-refractivity contribution in [1.29, 1.82) is 0 Å². The first-order valence-electron chi connectivity index (χ1n) is 17.3. The number of allylic oxidation sites excluding steroid dienone is 1. The molecule has 2 amide bonds. The van der Waals surface area contributed by atoms with Crippen molar-refractivity contribution in [1.82, 2.24) is 10.6 Å². The van der Waals surface area contributed by atoms with E-state index in [0.29, 0.717) is 17.8 Å². The van der Waals surface area contributed by atoms with Crippen LogP contribution in [0.15, 0.2) is 23.8 Å². The van der Waals surface area contributed by atoms with Gasteiger partial charge in [0.15, 0.2) is 0 Å². The van der Waals surface area contributed by atoms with Gasteiger partial charge in [-0.2, -0.15) is 0 Å². The van der Waals surface area contributed by atoms with Crippen LogP contribution in [0.25, 0.3) is 0 Å². The predicted molar refractivity (Wildman–Crippen MR) is 174 cm³/mol. The molecule has 0 heterocycles. The highest BCUT2D eigenvalue weighted by Crippen LogP contribution is 2.74. The van der Waals surface area contributed by atoms with Gasteiger partial charge in [-0.25, -0.2) is 9.59 Å². The Labute approximate surface area is 266 Å². The summed E-state index contributed by atoms with van der Waals surface area (Å²) in [5.41, 5.74) is 2.02. The third-order valence-electron chi connectivity index (χ3n) is 13.8. The van der Waals surface area contributed by atoms with Crippen LogP contribution in [0.3, 0.4) is 0 Å². The van der Waals surface area contributed by atoms with Crippen LogP contribution < -0.4 is 10.6 Å². The molecule has 0 spiro atoms. The van der Waals surface area contributed by atoms with Crippen molar-refractivity contribution in [2.75, 3.05) is 13.2 Å². The van der Waals surface area contributed by atoms with Crippen molar-refractivity contribution in [2.24, 2.45) is 45.3 Å². The third kappa shape index (κ3) is 5.21. The molecule has 4 saturated carbocycles. The highest BCUT2D eigenvalue weighted by Gasteiger charge is 2.68. The van der Waals surface area contributed by atoms with E-state index >= 15 is 0 Å². The zero-order valence-corrected chi connectivity index (χ0v) is 29.0. The fraction of sp³-hybridized carbons (Fsp3) is 0.838. The molecule has 3 N–H and O–H groups in total. The van der Waals surface area contributed by atoms with E-state index < -0.39 is 23.3 Å². The number of nitrogens with one attached hydrogen (secondary N) is 2. The van der Waals surface area contributed by atoms with Gasteiger partial charge in [0, 0.05) is 5.92 Å². The molecule has 0 aromatic heterocycles. The number of rotatable bonds is 4. The number of hydrogen-bond donors (Lipinski definition) is 3. The highest BCUT2D eigenvalue weighted by molar-refractivity contribution is 5.69. The molecule has 9 atom stereocenters. The van der Waals surface area contributed by atoms with E-state index in [9.17, 15) is 14.7 Å². The summed E-state index contributed by atoms with van der Waals surface area (Å²) >= 11 is 0. The first kappa shape index (κ1) is 33.3. The van der Waals surface area contributed by atoms with Crippen molar-refractivity contribution in [3.05, 3.63) is 23.8 Å². The van der Waals surface area contributed by atoms with Crippen LogP contribution in [-0.2, 0) is 9.47 Å². The van der Waals surface area contributed by atoms with Crippen molar-refractivity contribution >= 4 is 12.2 Å². The molecule has 5 aliphatic rings. The van der Waals surface area contributed by atoms with E-state index in [1.54, 1.807) is 0 Å². The largest absolute Gasteiger partial charge is 0.448 e. The van der Waals surface area contributed by atoms with Crippen LogP contribution in [-0.4, -0.2) is 47.7 Å². The second-order valence-electron chi connectivity index (χ2n) is 17.5. The normalized spacial score (nSPS) is 42.8. The molecule has 248 valence electrons. The maximum absolute atomic E-state index is 13.3. The summed E-state index contributed by atoms with van der Waals surface area (Å²) in [6.07, 6.45) is 10.6. The Morgan fingerprint density at radius 2 is 1.68 bits per heavy atom. The lowest BCUT2D eigenvalue weighted by molar-refractivity contribution is -0.199. The SMILES string of the molecule is C=C1C2C3=CCC4[C@@]5(C)CC[C@H](O)C(C)(C)C5CC[C@@]4(C)[C@]3(C)CCC2(NC(=O)OCCNC(=O)OC(C)(C)C)CC[C@H]1C. The van der Waals surface area contributed by atoms with Crippen LogP contribution in [0.2, 0.25) is 0 Å². The number of aliphatic hydroxyl groups is 1. The van der Waals surface area contributed by atoms with Gasteiger partial charge in [-0.3, -0.25) is 0 Å². The zero-order chi connectivity index (χ0) is 32.5. The minimum Gasteiger partial charge on any atom is -0.448 e. The third-order valence-corrected chi connectivity index (χ3v) is 13.8. The topological polar surface area (TPSA) is 96.9 Å². The van der Waals surface area contributed by atoms with Crippen LogP contribution in [0, 0.1) is 45.3 Å². The molecule has 0 saturated heterocycles. The summed E-state index contributed by atoms with van der Waals surface area (Å²) < 4.78 is 10.9. The molecule has 4 unspecified atom stereocenters. The van der Waals surface area contributed by atoms with Crippen LogP contribution >= 0.6 is 0 Å². The van der Waals surface area contributed by atoms with E-state index in [1.807, 2.05) is 20.8 Å². The van der Waals surface area contributed by atoms with Crippen molar-refractivity contribution in [2.45, 2.75) is 137 Å². The first-order chi connectivity index (χ1) is 20.3. The molecule has 4 fully saturated rings. The Balaban J connectivity index is 1.37. The van der Waals surface area contributed by atoms with E-state index in [2.05, 4.69) is 64.8 Å². The standard InChI is InChI=1S/C37H60N2O5/c1-23-13-18-37(39-31(42)43-22-21-38-30(41)44-32(3,4)5)20-19-35(9)25(29(37)24(23)2)11-12-27-34(8)16-15-28(40)33(6,7)26(34)14-17-36(27,35)10/h11,23,26-29,40H,2,12-22H2,1,3-10H3,(H,38,41)(H,39,42)/t23-,26?,27?,28+,29?,34+,35-,36-,37?/m1/s1. The average molecular weight is 613 g/mol. The number of alkyl carbamates (subject to hydrolysis) is 2. The van der Waals surface area contributed by atoms with Gasteiger partial charge in [-0.05, 0) is 118 Å². The number of fused-ring (bicyclic) bond motifs is 7. The van der Waals surface area contributed by atoms with Gasteiger partial charge >= 0.3 is 12.2 Å². The quantitative estimate of drug-likeness (QED) is 0.221. The van der Waals surface area contributed by atoms with Gasteiger partial charge in [0.25, 0.3) is 0 Å². The van der Waals surface area contributed by atoms with Gasteiger partial charge in [-0.1, -0.05) is 65.3 Å². The number of carbonyl (C=O) groups is 2. The molecule has 0 radical (unpaired) electrons. The first-order valence-corrected chi connectivity index (χ1v) is 17.3. The maximum atomic E-state index is 13.3. The molecule has 0 aromatic carbocycles. The fourth-order valence-corrected chi connectivity index (χ4v) is 11.1. The smallest absolute Gasteiger partial charge is 0.407 e. The zero-order valence-electron chi connectivity index (χ0n) is 29.0. The summed E-state index contributed by atoms with van der Waals surface area (Å²) in [6.45, 7) is 24.9. The number of aliphatic hydroxyl groups excluding tert-OH is 1. The molecule has 0 aliphatic heterocycles. The van der Waals surface area contributed by atoms with Gasteiger partial charge in [0.2, 0.25) is 0 Å². The second kappa shape index (κ2) is 11.1. The number of ether oxygens (including phenoxy) is 2. The molecular weight excluding hydrogens is 552 g/mol. The van der Waals surface area contributed by atoms with Gasteiger partial charge in [0.1, 0.15) is 12.2 Å². The van der Waals surface area contributed by atoms with Crippen molar-refractivity contribution < 1.29 is 24.2 Å². The molecule has 7 nitrogen and oxygen atoms in total. The number of carbonyl (C=O) groups excluding carboxylic acids is 2. The summed E-state index contributed by atoms with van der Waals surface area (Å²) in [6, 6.07) is 0. The maximum Gasteiger partial charge on any atom is 0.407 e. The Hall–Kier alpha value is -2.02. The lowest BCUT2D eigenvalue weighted by atomic mass is 9.34. The monoisotopic (exact) mass is 612 g/mol. The van der Waals surface area contributed by atoms with Crippen LogP contribution in [0.5, 0.6) is 0 Å². The lowest BCUT2D eigenvalue weighted by Gasteiger charge is -2.71. The number of amides is 2. The summed E-state index contributed by atoms with van der Waals surface area (Å²) in [5, 5.41) is 17.1. The van der Waals surface area contributed by atoms with Gasteiger partial charge in [-0.15, -0.1) is 0 Å². The molecule has 7 heteroatoms. The molecule has 5 aliphatic carbocycles. The van der Waals surface area contributed by atoms with Crippen molar-refractivity contribution in [3.8, 4) is 0 Å².